The van der Waals surface area contributed by atoms with Gasteiger partial charge in [0, 0.05) is 49.7 Å². The maximum atomic E-state index is 15.1. The lowest BCUT2D eigenvalue weighted by Crippen LogP contribution is -2.51. The van der Waals surface area contributed by atoms with Gasteiger partial charge in [-0.3, -0.25) is 4.90 Å². The van der Waals surface area contributed by atoms with E-state index in [4.69, 9.17) is 15.2 Å². The molecule has 2 aromatic rings. The van der Waals surface area contributed by atoms with Crippen LogP contribution in [0.2, 0.25) is 0 Å². The molecule has 3 aliphatic rings. The molecule has 1 aliphatic carbocycles. The number of benzene rings is 1. The number of methoxy groups -OCH3 is 2. The van der Waals surface area contributed by atoms with Crippen molar-refractivity contribution in [3.8, 4) is 11.5 Å². The maximum Gasteiger partial charge on any atom is 0.228 e. The summed E-state index contributed by atoms with van der Waals surface area (Å²) >= 11 is 0. The van der Waals surface area contributed by atoms with Gasteiger partial charge in [0.1, 0.15) is 11.3 Å². The average molecular weight is 459 g/mol. The van der Waals surface area contributed by atoms with Crippen molar-refractivity contribution in [3.63, 3.8) is 0 Å². The van der Waals surface area contributed by atoms with E-state index < -0.39 is 5.82 Å². The van der Waals surface area contributed by atoms with E-state index in [1.54, 1.807) is 6.07 Å². The fourth-order valence-corrected chi connectivity index (χ4v) is 6.04. The number of hydrogen-bond donors (Lipinski definition) is 2. The topological polar surface area (TPSA) is 88.8 Å². The number of halogens is 1. The van der Waals surface area contributed by atoms with Gasteiger partial charge in [0.05, 0.1) is 14.2 Å². The number of piperazine rings is 1. The number of rotatable bonds is 6. The van der Waals surface area contributed by atoms with Gasteiger partial charge in [-0.25, -0.2) is 9.37 Å². The van der Waals surface area contributed by atoms with Crippen LogP contribution < -0.4 is 25.4 Å². The van der Waals surface area contributed by atoms with Gasteiger partial charge < -0.3 is 25.4 Å². The van der Waals surface area contributed by atoms with Crippen molar-refractivity contribution in [1.82, 2.24) is 20.2 Å². The molecule has 3 fully saturated rings. The number of hydrogen-bond acceptors (Lipinski definition) is 8. The van der Waals surface area contributed by atoms with Crippen LogP contribution in [-0.2, 0) is 0 Å². The fraction of sp³-hybridized carbons (Fsp3) is 0.667. The third-order valence-electron chi connectivity index (χ3n) is 7.84. The van der Waals surface area contributed by atoms with E-state index in [9.17, 15) is 0 Å². The van der Waals surface area contributed by atoms with Crippen LogP contribution in [0.3, 0.4) is 0 Å². The molecule has 33 heavy (non-hydrogen) atoms. The first-order chi connectivity index (χ1) is 16.0. The number of nitrogens with two attached hydrogens (primary N) is 1. The molecule has 0 radical (unpaired) electrons. The third-order valence-corrected chi connectivity index (χ3v) is 7.84. The molecule has 4 atom stereocenters. The number of nitrogen functional groups attached to an aromatic ring is 1. The molecule has 1 unspecified atom stereocenters. The van der Waals surface area contributed by atoms with E-state index in [1.165, 1.54) is 46.3 Å². The van der Waals surface area contributed by atoms with Crippen molar-refractivity contribution in [3.05, 3.63) is 11.9 Å². The van der Waals surface area contributed by atoms with Crippen molar-refractivity contribution >= 4 is 22.7 Å². The first kappa shape index (κ1) is 22.4. The molecular weight excluding hydrogens is 423 g/mol. The number of nitrogens with one attached hydrogen (secondary N) is 1. The van der Waals surface area contributed by atoms with Gasteiger partial charge in [0.25, 0.3) is 0 Å². The fourth-order valence-electron chi connectivity index (χ4n) is 6.04. The second-order valence-corrected chi connectivity index (χ2v) is 9.74. The highest BCUT2D eigenvalue weighted by molar-refractivity contribution is 5.92. The Morgan fingerprint density at radius 2 is 1.97 bits per heavy atom. The molecular formula is C24H35FN6O2. The van der Waals surface area contributed by atoms with Gasteiger partial charge in [-0.1, -0.05) is 6.42 Å². The Labute approximate surface area is 194 Å². The Hall–Kier alpha value is -2.39. The van der Waals surface area contributed by atoms with Crippen LogP contribution in [0.5, 0.6) is 11.5 Å². The van der Waals surface area contributed by atoms with Crippen LogP contribution in [0.15, 0.2) is 6.07 Å². The molecule has 5 rings (SSSR count). The number of anilines is 2. The number of nitrogens with zero attached hydrogens (tertiary/aromatic N) is 4. The van der Waals surface area contributed by atoms with Crippen LogP contribution >= 0.6 is 0 Å². The third kappa shape index (κ3) is 4.17. The lowest BCUT2D eigenvalue weighted by atomic mass is 9.98. The lowest BCUT2D eigenvalue weighted by molar-refractivity contribution is 0.177. The summed E-state index contributed by atoms with van der Waals surface area (Å²) in [6, 6.07) is 3.56. The Morgan fingerprint density at radius 1 is 1.18 bits per heavy atom. The monoisotopic (exact) mass is 458 g/mol. The van der Waals surface area contributed by atoms with Crippen LogP contribution in [0.4, 0.5) is 16.2 Å². The minimum absolute atomic E-state index is 0.0253. The largest absolute Gasteiger partial charge is 0.493 e. The Bertz CT molecular complexity index is 1000. The normalized spacial score (nSPS) is 26.5. The summed E-state index contributed by atoms with van der Waals surface area (Å²) in [6.07, 6.45) is 6.66. The van der Waals surface area contributed by atoms with Crippen LogP contribution in [0.25, 0.3) is 10.9 Å². The molecule has 1 saturated carbocycles. The molecule has 1 aromatic heterocycles. The molecule has 8 nitrogen and oxygen atoms in total. The second kappa shape index (κ2) is 9.10. The maximum absolute atomic E-state index is 15.1. The summed E-state index contributed by atoms with van der Waals surface area (Å²) in [4.78, 5) is 13.6. The van der Waals surface area contributed by atoms with Crippen molar-refractivity contribution in [1.29, 1.82) is 0 Å². The summed E-state index contributed by atoms with van der Waals surface area (Å²) in [5.41, 5.74) is 6.35. The molecule has 9 heteroatoms. The molecule has 180 valence electrons. The second-order valence-electron chi connectivity index (χ2n) is 9.74. The summed E-state index contributed by atoms with van der Waals surface area (Å²) in [6.45, 7) is 5.76. The van der Waals surface area contributed by atoms with E-state index >= 15 is 4.39 Å². The summed E-state index contributed by atoms with van der Waals surface area (Å²) in [5.74, 6) is 1.31. The minimum atomic E-state index is -0.580. The van der Waals surface area contributed by atoms with Crippen LogP contribution in [-0.4, -0.2) is 73.4 Å². The quantitative estimate of drug-likeness (QED) is 0.683. The number of aromatic nitrogens is 2. The highest BCUT2D eigenvalue weighted by Crippen LogP contribution is 2.38. The Balaban J connectivity index is 1.26. The molecule has 2 aliphatic heterocycles. The van der Waals surface area contributed by atoms with Crippen LogP contribution in [0.1, 0.15) is 39.0 Å². The highest BCUT2D eigenvalue weighted by atomic mass is 19.1. The van der Waals surface area contributed by atoms with Gasteiger partial charge in [-0.2, -0.15) is 4.98 Å². The van der Waals surface area contributed by atoms with Gasteiger partial charge >= 0.3 is 0 Å². The summed E-state index contributed by atoms with van der Waals surface area (Å²) < 4.78 is 25.5. The van der Waals surface area contributed by atoms with E-state index in [0.29, 0.717) is 23.4 Å². The standard InChI is InChI=1S/C24H35FN6O2/c1-14(11-16-12-15-5-4-6-18(15)27-16)30-7-9-31(10-8-30)24-28-21-17(23(26)29-24)13-19(32-2)22(33-3)20(21)25/h13-16,18,27H,4-12H2,1-3H3,(H2,26,28,29)/t14?,15-,16+,18-/m0/s1. The van der Waals surface area contributed by atoms with E-state index in [2.05, 4.69) is 32.0 Å². The Kier molecular flexibility index (Phi) is 6.18. The van der Waals surface area contributed by atoms with Crippen LogP contribution in [0, 0.1) is 11.7 Å². The van der Waals surface area contributed by atoms with Crippen molar-refractivity contribution in [2.24, 2.45) is 5.92 Å². The Morgan fingerprint density at radius 3 is 2.67 bits per heavy atom. The zero-order chi connectivity index (χ0) is 23.1. The SMILES string of the molecule is COc1cc2c(N)nc(N3CCN(C(C)C[C@@H]4C[C@@H]5CCC[C@@H]5N4)CC3)nc2c(F)c1OC. The van der Waals surface area contributed by atoms with Gasteiger partial charge in [-0.05, 0) is 44.6 Å². The van der Waals surface area contributed by atoms with Gasteiger partial charge in [0.2, 0.25) is 5.95 Å². The van der Waals surface area contributed by atoms with Crippen molar-refractivity contribution < 1.29 is 13.9 Å². The molecule has 2 saturated heterocycles. The lowest BCUT2D eigenvalue weighted by Gasteiger charge is -2.39. The summed E-state index contributed by atoms with van der Waals surface area (Å²) in [7, 11) is 2.87. The predicted molar refractivity (Wildman–Crippen MR) is 128 cm³/mol. The smallest absolute Gasteiger partial charge is 0.228 e. The van der Waals surface area contributed by atoms with E-state index in [-0.39, 0.29) is 22.8 Å². The first-order valence-corrected chi connectivity index (χ1v) is 12.1. The van der Waals surface area contributed by atoms with Crippen molar-refractivity contribution in [2.45, 2.75) is 57.2 Å². The minimum Gasteiger partial charge on any atom is -0.493 e. The zero-order valence-corrected chi connectivity index (χ0v) is 19.8. The molecule has 0 amide bonds. The first-order valence-electron chi connectivity index (χ1n) is 12.1. The highest BCUT2D eigenvalue weighted by Gasteiger charge is 2.37. The van der Waals surface area contributed by atoms with E-state index in [0.717, 1.165) is 38.1 Å². The average Bonchev–Trinajstić information content (AvgIpc) is 3.41. The summed E-state index contributed by atoms with van der Waals surface area (Å²) in [5, 5.41) is 4.30. The van der Waals surface area contributed by atoms with Gasteiger partial charge in [0.15, 0.2) is 17.3 Å². The van der Waals surface area contributed by atoms with Crippen molar-refractivity contribution in [2.75, 3.05) is 51.0 Å². The van der Waals surface area contributed by atoms with E-state index in [1.807, 2.05) is 0 Å². The molecule has 3 N–H and O–H groups in total. The molecule has 0 bridgehead atoms. The molecule has 3 heterocycles. The van der Waals surface area contributed by atoms with Gasteiger partial charge in [-0.15, -0.1) is 0 Å². The number of ether oxygens (including phenoxy) is 2. The predicted octanol–water partition coefficient (Wildman–Crippen LogP) is 2.80. The zero-order valence-electron chi connectivity index (χ0n) is 19.8. The number of fused-ring (bicyclic) bond motifs is 2. The molecule has 1 aromatic carbocycles. The molecule has 0 spiro atoms.